The lowest BCUT2D eigenvalue weighted by molar-refractivity contribution is 0.100. The molecule has 1 aromatic carbocycles. The van der Waals surface area contributed by atoms with Crippen molar-refractivity contribution in [2.45, 2.75) is 0 Å². The van der Waals surface area contributed by atoms with Crippen LogP contribution in [0.25, 0.3) is 11.3 Å². The Balaban J connectivity index is 2.50. The summed E-state index contributed by atoms with van der Waals surface area (Å²) in [6, 6.07) is 8.41. The number of hydrogen-bond acceptors (Lipinski definition) is 3. The van der Waals surface area contributed by atoms with Crippen LogP contribution in [0.1, 0.15) is 10.4 Å². The van der Waals surface area contributed by atoms with E-state index in [1.54, 1.807) is 31.3 Å². The van der Waals surface area contributed by atoms with Gasteiger partial charge in [-0.05, 0) is 18.2 Å². The van der Waals surface area contributed by atoms with E-state index >= 15 is 0 Å². The van der Waals surface area contributed by atoms with Gasteiger partial charge in [-0.2, -0.15) is 0 Å². The molecule has 1 aromatic heterocycles. The van der Waals surface area contributed by atoms with Crippen molar-refractivity contribution in [3.05, 3.63) is 35.9 Å². The number of carbonyl (C=O) groups excluding carboxylic acids is 1. The maximum absolute atomic E-state index is 11.2. The van der Waals surface area contributed by atoms with Crippen molar-refractivity contribution in [2.75, 3.05) is 12.4 Å². The molecule has 0 saturated carbocycles. The van der Waals surface area contributed by atoms with Crippen molar-refractivity contribution >= 4 is 11.7 Å². The Morgan fingerprint density at radius 1 is 1.41 bits per heavy atom. The second kappa shape index (κ2) is 4.21. The number of aromatic nitrogens is 1. The molecule has 0 spiro atoms. The average Bonchev–Trinajstić information content (AvgIpc) is 2.73. The van der Waals surface area contributed by atoms with E-state index in [1.807, 2.05) is 6.07 Å². The molecule has 5 heteroatoms. The first-order chi connectivity index (χ1) is 8.11. The number of anilines is 1. The third-order valence-electron chi connectivity index (χ3n) is 2.49. The number of hydrogen-bond donors (Lipinski definition) is 4. The summed E-state index contributed by atoms with van der Waals surface area (Å²) in [5.74, 6) is 0.233. The van der Waals surface area contributed by atoms with Crippen LogP contribution in [-0.2, 0) is 0 Å². The molecule has 1 amide bonds. The van der Waals surface area contributed by atoms with Crippen molar-refractivity contribution < 1.29 is 9.90 Å². The van der Waals surface area contributed by atoms with Gasteiger partial charge < -0.3 is 21.1 Å². The largest absolute Gasteiger partial charge is 0.508 e. The molecular weight excluding hydrogens is 218 g/mol. The first kappa shape index (κ1) is 11.1. The minimum absolute atomic E-state index is 0.170. The molecule has 1 heterocycles. The zero-order valence-electron chi connectivity index (χ0n) is 9.32. The maximum atomic E-state index is 11.2. The highest BCUT2D eigenvalue weighted by molar-refractivity contribution is 5.99. The predicted octanol–water partition coefficient (Wildman–Crippen LogP) is 1.53. The van der Waals surface area contributed by atoms with Gasteiger partial charge in [-0.25, -0.2) is 0 Å². The fourth-order valence-corrected chi connectivity index (χ4v) is 1.68. The Morgan fingerprint density at radius 3 is 2.71 bits per heavy atom. The molecule has 0 atom stereocenters. The summed E-state index contributed by atoms with van der Waals surface area (Å²) in [6.07, 6.45) is 0. The topological polar surface area (TPSA) is 91.1 Å². The molecule has 5 N–H and O–H groups in total. The normalized spacial score (nSPS) is 10.2. The Labute approximate surface area is 98.3 Å². The van der Waals surface area contributed by atoms with E-state index in [0.717, 1.165) is 11.3 Å². The lowest BCUT2D eigenvalue weighted by Crippen LogP contribution is -2.11. The fourth-order valence-electron chi connectivity index (χ4n) is 1.68. The minimum atomic E-state index is -0.503. The van der Waals surface area contributed by atoms with E-state index in [-0.39, 0.29) is 5.75 Å². The van der Waals surface area contributed by atoms with Crippen molar-refractivity contribution in [3.63, 3.8) is 0 Å². The van der Waals surface area contributed by atoms with Gasteiger partial charge in [-0.15, -0.1) is 0 Å². The number of benzene rings is 1. The van der Waals surface area contributed by atoms with Gasteiger partial charge in [0.25, 0.3) is 5.91 Å². The zero-order chi connectivity index (χ0) is 12.4. The third-order valence-corrected chi connectivity index (χ3v) is 2.49. The van der Waals surface area contributed by atoms with E-state index in [1.165, 1.54) is 0 Å². The number of phenols is 1. The number of amides is 1. The lowest BCUT2D eigenvalue weighted by atomic mass is 10.1. The van der Waals surface area contributed by atoms with Gasteiger partial charge in [0.15, 0.2) is 0 Å². The van der Waals surface area contributed by atoms with Crippen LogP contribution in [0.3, 0.4) is 0 Å². The number of carbonyl (C=O) groups is 1. The summed E-state index contributed by atoms with van der Waals surface area (Å²) in [7, 11) is 1.70. The molecule has 0 radical (unpaired) electrons. The predicted molar refractivity (Wildman–Crippen MR) is 66.0 cm³/mol. The summed E-state index contributed by atoms with van der Waals surface area (Å²) in [5, 5.41) is 12.3. The minimum Gasteiger partial charge on any atom is -0.508 e. The van der Waals surface area contributed by atoms with Crippen LogP contribution in [-0.4, -0.2) is 23.0 Å². The molecule has 0 aliphatic carbocycles. The van der Waals surface area contributed by atoms with E-state index < -0.39 is 5.91 Å². The molecule has 0 fully saturated rings. The Kier molecular flexibility index (Phi) is 2.74. The van der Waals surface area contributed by atoms with Crippen molar-refractivity contribution in [2.24, 2.45) is 5.73 Å². The van der Waals surface area contributed by atoms with Crippen LogP contribution in [0.15, 0.2) is 30.3 Å². The van der Waals surface area contributed by atoms with Crippen LogP contribution in [0.4, 0.5) is 5.82 Å². The highest BCUT2D eigenvalue weighted by Crippen LogP contribution is 2.26. The number of aromatic hydroxyl groups is 1. The number of primary amides is 1. The number of H-pyrrole nitrogens is 1. The third kappa shape index (κ3) is 2.08. The fraction of sp³-hybridized carbons (Fsp3) is 0.0833. The zero-order valence-corrected chi connectivity index (χ0v) is 9.32. The number of aromatic amines is 1. The van der Waals surface area contributed by atoms with Crippen LogP contribution in [0, 0.1) is 0 Å². The van der Waals surface area contributed by atoms with Gasteiger partial charge in [0.2, 0.25) is 0 Å². The van der Waals surface area contributed by atoms with Crippen LogP contribution >= 0.6 is 0 Å². The first-order valence-electron chi connectivity index (χ1n) is 5.12. The molecule has 88 valence electrons. The van der Waals surface area contributed by atoms with E-state index in [0.29, 0.717) is 11.4 Å². The van der Waals surface area contributed by atoms with Crippen molar-refractivity contribution in [1.82, 2.24) is 4.98 Å². The first-order valence-corrected chi connectivity index (χ1v) is 5.12. The molecule has 0 bridgehead atoms. The van der Waals surface area contributed by atoms with E-state index in [9.17, 15) is 9.90 Å². The summed E-state index contributed by atoms with van der Waals surface area (Å²) in [5.41, 5.74) is 7.16. The summed E-state index contributed by atoms with van der Waals surface area (Å²) in [6.45, 7) is 0. The molecule has 0 aliphatic rings. The van der Waals surface area contributed by atoms with E-state index in [2.05, 4.69) is 10.3 Å². The quantitative estimate of drug-likeness (QED) is 0.645. The van der Waals surface area contributed by atoms with Crippen molar-refractivity contribution in [3.8, 4) is 17.0 Å². The van der Waals surface area contributed by atoms with Gasteiger partial charge in [0.1, 0.15) is 11.6 Å². The number of nitrogens with one attached hydrogen (secondary N) is 2. The van der Waals surface area contributed by atoms with Crippen molar-refractivity contribution in [1.29, 1.82) is 0 Å². The smallest absolute Gasteiger partial charge is 0.252 e. The molecule has 17 heavy (non-hydrogen) atoms. The molecule has 0 aliphatic heterocycles. The molecule has 0 saturated heterocycles. The van der Waals surface area contributed by atoms with Gasteiger partial charge in [0.05, 0.1) is 5.56 Å². The molecule has 5 nitrogen and oxygen atoms in total. The highest BCUT2D eigenvalue weighted by atomic mass is 16.3. The van der Waals surface area contributed by atoms with Gasteiger partial charge in [0, 0.05) is 18.3 Å². The van der Waals surface area contributed by atoms with Gasteiger partial charge in [-0.1, -0.05) is 12.1 Å². The molecule has 0 unspecified atom stereocenters. The lowest BCUT2D eigenvalue weighted by Gasteiger charge is -1.99. The highest BCUT2D eigenvalue weighted by Gasteiger charge is 2.12. The van der Waals surface area contributed by atoms with E-state index in [4.69, 9.17) is 5.73 Å². The summed E-state index contributed by atoms with van der Waals surface area (Å²) in [4.78, 5) is 14.2. The Hall–Kier alpha value is -2.43. The van der Waals surface area contributed by atoms with Crippen LogP contribution in [0.5, 0.6) is 5.75 Å². The number of nitrogens with two attached hydrogens (primary N) is 1. The number of rotatable bonds is 3. The molecule has 2 rings (SSSR count). The molecular formula is C12H13N3O2. The number of phenolic OH excluding ortho intramolecular Hbond substituents is 1. The van der Waals surface area contributed by atoms with Crippen LogP contribution in [0.2, 0.25) is 0 Å². The van der Waals surface area contributed by atoms with Gasteiger partial charge >= 0.3 is 0 Å². The second-order valence-corrected chi connectivity index (χ2v) is 3.64. The summed E-state index contributed by atoms with van der Waals surface area (Å²) < 4.78 is 0. The Morgan fingerprint density at radius 2 is 2.18 bits per heavy atom. The SMILES string of the molecule is CNc1[nH]c(-c2cccc(O)c2)cc1C(N)=O. The monoisotopic (exact) mass is 231 g/mol. The standard InChI is InChI=1S/C12H13N3O2/c1-14-12-9(11(13)17)6-10(15-12)7-3-2-4-8(16)5-7/h2-6,14-16H,1H3,(H2,13,17). The Bertz CT molecular complexity index is 561. The maximum Gasteiger partial charge on any atom is 0.252 e. The van der Waals surface area contributed by atoms with Crippen LogP contribution < -0.4 is 11.1 Å². The molecule has 2 aromatic rings. The average molecular weight is 231 g/mol. The van der Waals surface area contributed by atoms with Gasteiger partial charge in [-0.3, -0.25) is 4.79 Å². The second-order valence-electron chi connectivity index (χ2n) is 3.64. The summed E-state index contributed by atoms with van der Waals surface area (Å²) >= 11 is 0.